The van der Waals surface area contributed by atoms with Crippen LogP contribution in [0.15, 0.2) is 4.99 Å². The van der Waals surface area contributed by atoms with Crippen LogP contribution in [0.25, 0.3) is 0 Å². The van der Waals surface area contributed by atoms with Crippen LogP contribution < -0.4 is 10.6 Å². The van der Waals surface area contributed by atoms with Gasteiger partial charge in [0.15, 0.2) is 5.96 Å². The van der Waals surface area contributed by atoms with Crippen molar-refractivity contribution in [1.82, 2.24) is 15.5 Å². The third kappa shape index (κ3) is 11.4. The molecule has 1 amide bonds. The number of nitrogens with one attached hydrogen (secondary N) is 2. The van der Waals surface area contributed by atoms with Crippen molar-refractivity contribution in [2.45, 2.75) is 59.1 Å². The number of amides is 1. The van der Waals surface area contributed by atoms with E-state index in [1.54, 1.807) is 14.1 Å². The minimum atomic E-state index is -0.485. The van der Waals surface area contributed by atoms with Gasteiger partial charge in [0, 0.05) is 26.7 Å². The fourth-order valence-electron chi connectivity index (χ4n) is 1.45. The molecule has 0 heterocycles. The van der Waals surface area contributed by atoms with Crippen molar-refractivity contribution in [2.24, 2.45) is 4.99 Å². The van der Waals surface area contributed by atoms with E-state index < -0.39 is 5.60 Å². The van der Waals surface area contributed by atoms with Gasteiger partial charge in [-0.3, -0.25) is 9.59 Å². The lowest BCUT2D eigenvalue weighted by Gasteiger charge is -2.20. The van der Waals surface area contributed by atoms with Gasteiger partial charge in [-0.05, 0) is 34.1 Å². The number of hydrogen-bond donors (Lipinski definition) is 2. The summed E-state index contributed by atoms with van der Waals surface area (Å²) < 4.78 is 5.25. The summed E-state index contributed by atoms with van der Waals surface area (Å²) in [4.78, 5) is 29.1. The van der Waals surface area contributed by atoms with Gasteiger partial charge in [0.1, 0.15) is 12.1 Å². The zero-order valence-electron chi connectivity index (χ0n) is 15.5. The molecule has 0 bridgehead atoms. The van der Waals surface area contributed by atoms with E-state index in [4.69, 9.17) is 4.74 Å². The molecular formula is C16H32N4O3. The number of esters is 1. The van der Waals surface area contributed by atoms with Gasteiger partial charge in [-0.15, -0.1) is 0 Å². The van der Waals surface area contributed by atoms with E-state index in [2.05, 4.69) is 22.5 Å². The molecule has 0 radical (unpaired) electrons. The number of hydrogen-bond acceptors (Lipinski definition) is 4. The molecule has 1 atom stereocenters. The number of nitrogens with zero attached hydrogens (tertiary/aromatic N) is 2. The van der Waals surface area contributed by atoms with E-state index in [1.807, 2.05) is 27.7 Å². The summed E-state index contributed by atoms with van der Waals surface area (Å²) in [6.45, 7) is 10.0. The Labute approximate surface area is 139 Å². The van der Waals surface area contributed by atoms with Crippen LogP contribution in [-0.2, 0) is 14.3 Å². The molecule has 0 aromatic rings. The molecule has 0 rings (SSSR count). The summed E-state index contributed by atoms with van der Waals surface area (Å²) >= 11 is 0. The second kappa shape index (κ2) is 10.1. The molecule has 0 spiro atoms. The summed E-state index contributed by atoms with van der Waals surface area (Å²) in [5, 5.41) is 6.26. The van der Waals surface area contributed by atoms with Crippen molar-refractivity contribution >= 4 is 17.8 Å². The zero-order valence-corrected chi connectivity index (χ0v) is 15.5. The van der Waals surface area contributed by atoms with E-state index in [9.17, 15) is 9.59 Å². The standard InChI is InChI=1S/C16H32N4O3/c1-8-12(2)19-15(18-11-13(21)20(6)7)17-10-9-14(22)23-16(3,4)5/h12H,8-11H2,1-7H3,(H2,17,18,19). The number of guanidine groups is 1. The monoisotopic (exact) mass is 328 g/mol. The van der Waals surface area contributed by atoms with E-state index in [0.29, 0.717) is 12.5 Å². The maximum Gasteiger partial charge on any atom is 0.308 e. The van der Waals surface area contributed by atoms with Gasteiger partial charge in [-0.25, -0.2) is 4.99 Å². The van der Waals surface area contributed by atoms with Crippen molar-refractivity contribution in [1.29, 1.82) is 0 Å². The van der Waals surface area contributed by atoms with Gasteiger partial charge >= 0.3 is 5.97 Å². The van der Waals surface area contributed by atoms with Crippen LogP contribution >= 0.6 is 0 Å². The fraction of sp³-hybridized carbons (Fsp3) is 0.812. The van der Waals surface area contributed by atoms with Crippen LogP contribution in [0, 0.1) is 0 Å². The number of likely N-dealkylation sites (N-methyl/N-ethyl adjacent to an activating group) is 1. The van der Waals surface area contributed by atoms with Gasteiger partial charge < -0.3 is 20.3 Å². The SMILES string of the molecule is CCC(C)NC(=NCC(=O)N(C)C)NCCC(=O)OC(C)(C)C. The molecule has 23 heavy (non-hydrogen) atoms. The first-order valence-electron chi connectivity index (χ1n) is 8.02. The average molecular weight is 328 g/mol. The third-order valence-electron chi connectivity index (χ3n) is 2.91. The molecule has 0 fully saturated rings. The Balaban J connectivity index is 4.50. The van der Waals surface area contributed by atoms with E-state index in [-0.39, 0.29) is 30.9 Å². The van der Waals surface area contributed by atoms with Gasteiger partial charge in [0.05, 0.1) is 6.42 Å². The lowest BCUT2D eigenvalue weighted by molar-refractivity contribution is -0.154. The molecule has 1 unspecified atom stereocenters. The predicted molar refractivity (Wildman–Crippen MR) is 92.3 cm³/mol. The van der Waals surface area contributed by atoms with Crippen molar-refractivity contribution in [3.8, 4) is 0 Å². The van der Waals surface area contributed by atoms with E-state index in [0.717, 1.165) is 6.42 Å². The lowest BCUT2D eigenvalue weighted by atomic mass is 10.2. The molecule has 134 valence electrons. The number of carbonyl (C=O) groups excluding carboxylic acids is 2. The summed E-state index contributed by atoms with van der Waals surface area (Å²) in [6.07, 6.45) is 1.16. The van der Waals surface area contributed by atoms with Crippen LogP contribution in [0.1, 0.15) is 47.5 Å². The molecule has 0 aromatic carbocycles. The Morgan fingerprint density at radius 1 is 1.26 bits per heavy atom. The van der Waals surface area contributed by atoms with Crippen LogP contribution in [0.2, 0.25) is 0 Å². The van der Waals surface area contributed by atoms with Gasteiger partial charge in [0.25, 0.3) is 0 Å². The minimum Gasteiger partial charge on any atom is -0.460 e. The van der Waals surface area contributed by atoms with Gasteiger partial charge in [0.2, 0.25) is 5.91 Å². The zero-order chi connectivity index (χ0) is 18.0. The van der Waals surface area contributed by atoms with Crippen molar-refractivity contribution in [2.75, 3.05) is 27.2 Å². The second-order valence-electron chi connectivity index (χ2n) is 6.67. The van der Waals surface area contributed by atoms with E-state index >= 15 is 0 Å². The lowest BCUT2D eigenvalue weighted by Crippen LogP contribution is -2.43. The molecule has 0 aliphatic heterocycles. The Kier molecular flexibility index (Phi) is 9.29. The molecule has 7 heteroatoms. The summed E-state index contributed by atoms with van der Waals surface area (Å²) in [6, 6.07) is 0.220. The number of carbonyl (C=O) groups is 2. The fourth-order valence-corrected chi connectivity index (χ4v) is 1.45. The highest BCUT2D eigenvalue weighted by molar-refractivity contribution is 5.85. The largest absolute Gasteiger partial charge is 0.460 e. The van der Waals surface area contributed by atoms with Crippen molar-refractivity contribution in [3.05, 3.63) is 0 Å². The summed E-state index contributed by atoms with van der Waals surface area (Å²) in [5.74, 6) is 0.178. The van der Waals surface area contributed by atoms with Crippen molar-refractivity contribution in [3.63, 3.8) is 0 Å². The third-order valence-corrected chi connectivity index (χ3v) is 2.91. The van der Waals surface area contributed by atoms with Crippen LogP contribution in [0.3, 0.4) is 0 Å². The Hall–Kier alpha value is -1.79. The maximum atomic E-state index is 11.7. The maximum absolute atomic E-state index is 11.7. The molecular weight excluding hydrogens is 296 g/mol. The Morgan fingerprint density at radius 2 is 1.87 bits per heavy atom. The predicted octanol–water partition coefficient (Wildman–Crippen LogP) is 1.14. The Morgan fingerprint density at radius 3 is 2.35 bits per heavy atom. The first kappa shape index (κ1) is 21.2. The highest BCUT2D eigenvalue weighted by atomic mass is 16.6. The molecule has 0 aliphatic rings. The quantitative estimate of drug-likeness (QED) is 0.416. The minimum absolute atomic E-state index is 0.0607. The Bertz CT molecular complexity index is 414. The van der Waals surface area contributed by atoms with Gasteiger partial charge in [-0.1, -0.05) is 6.92 Å². The first-order valence-corrected chi connectivity index (χ1v) is 8.02. The first-order chi connectivity index (χ1) is 10.5. The molecule has 0 aromatic heterocycles. The highest BCUT2D eigenvalue weighted by Gasteiger charge is 2.16. The molecule has 2 N–H and O–H groups in total. The molecule has 0 saturated heterocycles. The van der Waals surface area contributed by atoms with Gasteiger partial charge in [-0.2, -0.15) is 0 Å². The number of aliphatic imine (C=N–C) groups is 1. The van der Waals surface area contributed by atoms with Crippen LogP contribution in [-0.4, -0.2) is 61.6 Å². The average Bonchev–Trinajstić information content (AvgIpc) is 2.41. The van der Waals surface area contributed by atoms with Crippen LogP contribution in [0.4, 0.5) is 0 Å². The number of rotatable bonds is 7. The van der Waals surface area contributed by atoms with E-state index in [1.165, 1.54) is 4.90 Å². The molecule has 0 aliphatic carbocycles. The molecule has 7 nitrogen and oxygen atoms in total. The van der Waals surface area contributed by atoms with Crippen LogP contribution in [0.5, 0.6) is 0 Å². The summed E-state index contributed by atoms with van der Waals surface area (Å²) in [7, 11) is 3.38. The normalized spacial score (nSPS) is 13.3. The molecule has 0 saturated carbocycles. The highest BCUT2D eigenvalue weighted by Crippen LogP contribution is 2.07. The topological polar surface area (TPSA) is 83.0 Å². The smallest absolute Gasteiger partial charge is 0.308 e. The second-order valence-corrected chi connectivity index (χ2v) is 6.67. The summed E-state index contributed by atoms with van der Waals surface area (Å²) in [5.41, 5.74) is -0.485. The van der Waals surface area contributed by atoms with Crippen molar-refractivity contribution < 1.29 is 14.3 Å². The number of ether oxygens (including phenoxy) is 1.